The summed E-state index contributed by atoms with van der Waals surface area (Å²) in [6.45, 7) is 9.75. The van der Waals surface area contributed by atoms with Gasteiger partial charge in [-0.05, 0) is 25.5 Å². The van der Waals surface area contributed by atoms with Crippen LogP contribution in [0.3, 0.4) is 0 Å². The highest BCUT2D eigenvalue weighted by Crippen LogP contribution is 2.18. The second kappa shape index (κ2) is 7.85. The summed E-state index contributed by atoms with van der Waals surface area (Å²) >= 11 is 0. The number of hydrogen-bond donors (Lipinski definition) is 0. The number of rotatable bonds is 5. The third kappa shape index (κ3) is 4.50. The molecule has 0 amide bonds. The van der Waals surface area contributed by atoms with Crippen LogP contribution in [0.25, 0.3) is 0 Å². The van der Waals surface area contributed by atoms with E-state index in [-0.39, 0.29) is 5.97 Å². The zero-order valence-corrected chi connectivity index (χ0v) is 15.2. The zero-order valence-electron chi connectivity index (χ0n) is 15.2. The summed E-state index contributed by atoms with van der Waals surface area (Å²) in [6.07, 6.45) is 0. The Morgan fingerprint density at radius 3 is 2.40 bits per heavy atom. The van der Waals surface area contributed by atoms with Crippen molar-refractivity contribution in [2.45, 2.75) is 26.9 Å². The summed E-state index contributed by atoms with van der Waals surface area (Å²) < 4.78 is 10.5. The molecule has 0 N–H and O–H groups in total. The number of aryl methyl sites for hydroxylation is 2. The summed E-state index contributed by atoms with van der Waals surface area (Å²) in [7, 11) is 1.39. The summed E-state index contributed by atoms with van der Waals surface area (Å²) in [5.74, 6) is 1.11. The minimum atomic E-state index is -0.338. The quantitative estimate of drug-likeness (QED) is 0.782. The molecule has 5 heteroatoms. The Morgan fingerprint density at radius 2 is 1.76 bits per heavy atom. The molecular weight excluding hydrogens is 316 g/mol. The number of carbonyl (C=O) groups excluding carboxylic acids is 1. The molecule has 0 aliphatic carbocycles. The van der Waals surface area contributed by atoms with Gasteiger partial charge in [0.05, 0.1) is 13.7 Å². The van der Waals surface area contributed by atoms with E-state index in [1.54, 1.807) is 13.0 Å². The summed E-state index contributed by atoms with van der Waals surface area (Å²) in [5.41, 5.74) is 3.21. The van der Waals surface area contributed by atoms with Gasteiger partial charge >= 0.3 is 5.97 Å². The van der Waals surface area contributed by atoms with Gasteiger partial charge in [0.25, 0.3) is 0 Å². The number of nitrogens with zero attached hydrogens (tertiary/aromatic N) is 2. The summed E-state index contributed by atoms with van der Waals surface area (Å²) in [5, 5.41) is 0. The Balaban J connectivity index is 1.52. The first-order valence-corrected chi connectivity index (χ1v) is 8.73. The van der Waals surface area contributed by atoms with Gasteiger partial charge in [-0.15, -0.1) is 0 Å². The first-order valence-electron chi connectivity index (χ1n) is 8.73. The Morgan fingerprint density at radius 1 is 1.08 bits per heavy atom. The van der Waals surface area contributed by atoms with Crippen molar-refractivity contribution in [3.63, 3.8) is 0 Å². The lowest BCUT2D eigenvalue weighted by Gasteiger charge is -2.34. The van der Waals surface area contributed by atoms with E-state index in [9.17, 15) is 4.79 Å². The van der Waals surface area contributed by atoms with Gasteiger partial charge in [-0.3, -0.25) is 9.80 Å². The van der Waals surface area contributed by atoms with Gasteiger partial charge < -0.3 is 9.15 Å². The number of esters is 1. The van der Waals surface area contributed by atoms with E-state index in [0.29, 0.717) is 11.3 Å². The maximum Gasteiger partial charge on any atom is 0.341 e. The van der Waals surface area contributed by atoms with Crippen molar-refractivity contribution in [1.29, 1.82) is 0 Å². The van der Waals surface area contributed by atoms with Gasteiger partial charge in [0.1, 0.15) is 17.1 Å². The van der Waals surface area contributed by atoms with E-state index in [1.165, 1.54) is 18.2 Å². The largest absolute Gasteiger partial charge is 0.465 e. The van der Waals surface area contributed by atoms with E-state index in [4.69, 9.17) is 9.15 Å². The number of benzene rings is 1. The highest BCUT2D eigenvalue weighted by Gasteiger charge is 2.20. The standard InChI is InChI=1S/C20H26N2O3/c1-15-5-4-6-17(11-15)13-21-7-9-22(10-8-21)14-18-12-19(16(2)25-18)20(23)24-3/h4-6,11-12H,7-10,13-14H2,1-3H3. The molecule has 0 saturated carbocycles. The van der Waals surface area contributed by atoms with E-state index in [0.717, 1.165) is 45.0 Å². The van der Waals surface area contributed by atoms with Crippen LogP contribution < -0.4 is 0 Å². The Bertz CT molecular complexity index is 730. The SMILES string of the molecule is COC(=O)c1cc(CN2CCN(Cc3cccc(C)c3)CC2)oc1C. The first kappa shape index (κ1) is 17.7. The smallest absolute Gasteiger partial charge is 0.341 e. The topological polar surface area (TPSA) is 45.9 Å². The molecule has 0 bridgehead atoms. The number of hydrogen-bond acceptors (Lipinski definition) is 5. The van der Waals surface area contributed by atoms with Crippen molar-refractivity contribution in [3.8, 4) is 0 Å². The van der Waals surface area contributed by atoms with Gasteiger partial charge in [-0.25, -0.2) is 4.79 Å². The van der Waals surface area contributed by atoms with Crippen LogP contribution in [0.15, 0.2) is 34.7 Å². The molecule has 25 heavy (non-hydrogen) atoms. The average Bonchev–Trinajstić information content (AvgIpc) is 2.96. The number of ether oxygens (including phenoxy) is 1. The molecule has 0 radical (unpaired) electrons. The van der Waals surface area contributed by atoms with E-state index >= 15 is 0 Å². The van der Waals surface area contributed by atoms with Crippen LogP contribution in [-0.2, 0) is 17.8 Å². The molecular formula is C20H26N2O3. The molecule has 134 valence electrons. The fourth-order valence-electron chi connectivity index (χ4n) is 3.33. The van der Waals surface area contributed by atoms with E-state index in [2.05, 4.69) is 41.0 Å². The van der Waals surface area contributed by atoms with Gasteiger partial charge in [0, 0.05) is 32.7 Å². The number of carbonyl (C=O) groups is 1. The lowest BCUT2D eigenvalue weighted by Crippen LogP contribution is -2.45. The van der Waals surface area contributed by atoms with Crippen LogP contribution in [0, 0.1) is 13.8 Å². The van der Waals surface area contributed by atoms with Crippen molar-refractivity contribution in [3.05, 3.63) is 58.5 Å². The molecule has 1 aromatic heterocycles. The van der Waals surface area contributed by atoms with E-state index in [1.807, 2.05) is 0 Å². The van der Waals surface area contributed by atoms with Crippen LogP contribution in [0.4, 0.5) is 0 Å². The van der Waals surface area contributed by atoms with Gasteiger partial charge in [-0.2, -0.15) is 0 Å². The molecule has 5 nitrogen and oxygen atoms in total. The normalized spacial score (nSPS) is 16.1. The van der Waals surface area contributed by atoms with E-state index < -0.39 is 0 Å². The fourth-order valence-corrected chi connectivity index (χ4v) is 3.33. The highest BCUT2D eigenvalue weighted by molar-refractivity contribution is 5.90. The minimum Gasteiger partial charge on any atom is -0.465 e. The first-order chi connectivity index (χ1) is 12.0. The molecule has 1 aliphatic rings. The number of piperazine rings is 1. The van der Waals surface area contributed by atoms with Crippen LogP contribution in [0.1, 0.15) is 33.0 Å². The summed E-state index contributed by atoms with van der Waals surface area (Å²) in [6, 6.07) is 10.5. The predicted molar refractivity (Wildman–Crippen MR) is 96.5 cm³/mol. The van der Waals surface area contributed by atoms with Crippen molar-refractivity contribution in [1.82, 2.24) is 9.80 Å². The molecule has 1 aliphatic heterocycles. The highest BCUT2D eigenvalue weighted by atomic mass is 16.5. The monoisotopic (exact) mass is 342 g/mol. The second-order valence-electron chi connectivity index (χ2n) is 6.72. The summed E-state index contributed by atoms with van der Waals surface area (Å²) in [4.78, 5) is 16.5. The molecule has 2 heterocycles. The maximum atomic E-state index is 11.7. The van der Waals surface area contributed by atoms with Crippen LogP contribution in [0.5, 0.6) is 0 Å². The van der Waals surface area contributed by atoms with Crippen LogP contribution in [-0.4, -0.2) is 49.1 Å². The van der Waals surface area contributed by atoms with Crippen molar-refractivity contribution >= 4 is 5.97 Å². The lowest BCUT2D eigenvalue weighted by molar-refractivity contribution is 0.0599. The van der Waals surface area contributed by atoms with Gasteiger partial charge in [0.15, 0.2) is 0 Å². The third-order valence-corrected chi connectivity index (χ3v) is 4.71. The molecule has 2 aromatic rings. The number of methoxy groups -OCH3 is 1. The maximum absolute atomic E-state index is 11.7. The Labute approximate surface area is 149 Å². The van der Waals surface area contributed by atoms with Crippen molar-refractivity contribution in [2.24, 2.45) is 0 Å². The molecule has 3 rings (SSSR count). The third-order valence-electron chi connectivity index (χ3n) is 4.71. The molecule has 0 spiro atoms. The Kier molecular flexibility index (Phi) is 5.56. The average molecular weight is 342 g/mol. The lowest BCUT2D eigenvalue weighted by atomic mass is 10.1. The Hall–Kier alpha value is -2.11. The van der Waals surface area contributed by atoms with Crippen LogP contribution in [0.2, 0.25) is 0 Å². The van der Waals surface area contributed by atoms with Crippen molar-refractivity contribution < 1.29 is 13.9 Å². The minimum absolute atomic E-state index is 0.338. The molecule has 0 atom stereocenters. The number of furan rings is 1. The second-order valence-corrected chi connectivity index (χ2v) is 6.72. The zero-order chi connectivity index (χ0) is 17.8. The van der Waals surface area contributed by atoms with Crippen LogP contribution >= 0.6 is 0 Å². The van der Waals surface area contributed by atoms with Gasteiger partial charge in [-0.1, -0.05) is 29.8 Å². The predicted octanol–water partition coefficient (Wildman–Crippen LogP) is 3.00. The molecule has 1 aromatic carbocycles. The fraction of sp³-hybridized carbons (Fsp3) is 0.450. The van der Waals surface area contributed by atoms with Gasteiger partial charge in [0.2, 0.25) is 0 Å². The molecule has 1 saturated heterocycles. The molecule has 1 fully saturated rings. The molecule has 0 unspecified atom stereocenters. The van der Waals surface area contributed by atoms with Crippen molar-refractivity contribution in [2.75, 3.05) is 33.3 Å².